The van der Waals surface area contributed by atoms with Gasteiger partial charge in [0.05, 0.1) is 0 Å². The van der Waals surface area contributed by atoms with E-state index < -0.39 is 0 Å². The maximum Gasteiger partial charge on any atom is 0.257 e. The summed E-state index contributed by atoms with van der Waals surface area (Å²) in [7, 11) is 0. The van der Waals surface area contributed by atoms with E-state index in [0.29, 0.717) is 5.89 Å². The van der Waals surface area contributed by atoms with E-state index in [1.807, 2.05) is 45.0 Å². The van der Waals surface area contributed by atoms with Gasteiger partial charge in [0, 0.05) is 5.56 Å². The molecule has 2 aromatic rings. The van der Waals surface area contributed by atoms with Crippen LogP contribution in [-0.4, -0.2) is 23.2 Å². The van der Waals surface area contributed by atoms with Crippen LogP contribution >= 0.6 is 0 Å². The molecule has 0 aliphatic carbocycles. The van der Waals surface area contributed by atoms with Gasteiger partial charge in [-0.2, -0.15) is 4.98 Å². The maximum absolute atomic E-state index is 4.90. The Morgan fingerprint density at radius 2 is 1.65 bits per heavy atom. The van der Waals surface area contributed by atoms with Gasteiger partial charge in [0.2, 0.25) is 0 Å². The van der Waals surface area contributed by atoms with Crippen molar-refractivity contribution in [3.63, 3.8) is 0 Å². The van der Waals surface area contributed by atoms with Crippen molar-refractivity contribution < 1.29 is 4.52 Å². The van der Waals surface area contributed by atoms with E-state index in [1.165, 1.54) is 44.2 Å². The zero-order chi connectivity index (χ0) is 14.6. The monoisotopic (exact) mass is 275 g/mol. The first kappa shape index (κ1) is 16.4. The maximum atomic E-state index is 4.90. The molecule has 3 rings (SSSR count). The lowest BCUT2D eigenvalue weighted by Crippen LogP contribution is -2.21. The largest absolute Gasteiger partial charge is 0.334 e. The van der Waals surface area contributed by atoms with Crippen LogP contribution in [0.2, 0.25) is 0 Å². The number of aromatic nitrogens is 2. The summed E-state index contributed by atoms with van der Waals surface area (Å²) in [6.45, 7) is 8.54. The average molecular weight is 275 g/mol. The van der Waals surface area contributed by atoms with E-state index >= 15 is 0 Å². The van der Waals surface area contributed by atoms with E-state index in [9.17, 15) is 0 Å². The molecule has 2 heterocycles. The average Bonchev–Trinajstić information content (AvgIpc) is 3.07. The molecular formula is C16H25N3O. The summed E-state index contributed by atoms with van der Waals surface area (Å²) in [5, 5.41) is 6.82. The number of rotatable bonds is 1. The number of piperidine rings is 1. The molecule has 1 aromatic heterocycles. The molecule has 4 nitrogen and oxygen atoms in total. The first-order chi connectivity index (χ1) is 9.86. The summed E-state index contributed by atoms with van der Waals surface area (Å²) in [5.74, 6) is 0.565. The van der Waals surface area contributed by atoms with Gasteiger partial charge < -0.3 is 9.84 Å². The number of nitrogens with zero attached hydrogens (tertiary/aromatic N) is 2. The van der Waals surface area contributed by atoms with Crippen LogP contribution < -0.4 is 5.32 Å². The molecule has 0 radical (unpaired) electrons. The Labute approximate surface area is 121 Å². The Balaban J connectivity index is 0.000000211. The SMILES string of the molecule is C1CCNCC1.CC.Cc1ccc(-c2ncno2)cc1. The zero-order valence-corrected chi connectivity index (χ0v) is 12.7. The normalized spacial score (nSPS) is 13.6. The molecule has 1 fully saturated rings. The molecule has 0 spiro atoms. The molecule has 110 valence electrons. The van der Waals surface area contributed by atoms with Crippen molar-refractivity contribution in [3.8, 4) is 11.5 Å². The zero-order valence-electron chi connectivity index (χ0n) is 12.7. The third kappa shape index (κ3) is 5.97. The minimum absolute atomic E-state index is 0.565. The van der Waals surface area contributed by atoms with Crippen LogP contribution in [-0.2, 0) is 0 Å². The molecule has 1 saturated heterocycles. The lowest BCUT2D eigenvalue weighted by Gasteiger charge is -2.08. The minimum Gasteiger partial charge on any atom is -0.334 e. The van der Waals surface area contributed by atoms with Crippen LogP contribution in [0.5, 0.6) is 0 Å². The lowest BCUT2D eigenvalue weighted by atomic mass is 10.1. The fourth-order valence-corrected chi connectivity index (χ4v) is 1.80. The predicted molar refractivity (Wildman–Crippen MR) is 82.5 cm³/mol. The van der Waals surface area contributed by atoms with Crippen molar-refractivity contribution in [1.82, 2.24) is 15.5 Å². The second-order valence-electron chi connectivity index (χ2n) is 4.42. The molecule has 20 heavy (non-hydrogen) atoms. The number of hydrogen-bond acceptors (Lipinski definition) is 4. The standard InChI is InChI=1S/C9H8N2O.C5H11N.C2H6/c1-7-2-4-8(5-3-7)9-10-6-11-12-9;1-2-4-6-5-3-1;1-2/h2-6H,1H3;6H,1-5H2;1-2H3. The Kier molecular flexibility index (Phi) is 8.31. The highest BCUT2D eigenvalue weighted by molar-refractivity contribution is 5.52. The molecule has 4 heteroatoms. The molecule has 1 aromatic carbocycles. The number of benzene rings is 1. The summed E-state index contributed by atoms with van der Waals surface area (Å²) in [6.07, 6.45) is 5.61. The third-order valence-corrected chi connectivity index (χ3v) is 2.87. The van der Waals surface area contributed by atoms with Gasteiger partial charge >= 0.3 is 0 Å². The van der Waals surface area contributed by atoms with Gasteiger partial charge in [0.25, 0.3) is 5.89 Å². The van der Waals surface area contributed by atoms with Gasteiger partial charge in [-0.1, -0.05) is 43.1 Å². The number of hydrogen-bond donors (Lipinski definition) is 1. The van der Waals surface area contributed by atoms with Gasteiger partial charge in [0.1, 0.15) is 0 Å². The van der Waals surface area contributed by atoms with Crippen molar-refractivity contribution in [1.29, 1.82) is 0 Å². The highest BCUT2D eigenvalue weighted by Crippen LogP contribution is 2.15. The van der Waals surface area contributed by atoms with E-state index in [0.717, 1.165) is 5.56 Å². The molecule has 0 unspecified atom stereocenters. The predicted octanol–water partition coefficient (Wildman–Crippen LogP) is 3.83. The van der Waals surface area contributed by atoms with Crippen LogP contribution in [0.3, 0.4) is 0 Å². The molecule has 1 aliphatic heterocycles. The van der Waals surface area contributed by atoms with Crippen molar-refractivity contribution >= 4 is 0 Å². The summed E-state index contributed by atoms with van der Waals surface area (Å²) in [6, 6.07) is 7.95. The molecule has 1 N–H and O–H groups in total. The van der Waals surface area contributed by atoms with Crippen molar-refractivity contribution in [2.75, 3.05) is 13.1 Å². The van der Waals surface area contributed by atoms with Gasteiger partial charge in [-0.25, -0.2) is 0 Å². The van der Waals surface area contributed by atoms with Crippen LogP contribution in [0.4, 0.5) is 0 Å². The van der Waals surface area contributed by atoms with Crippen molar-refractivity contribution in [2.24, 2.45) is 0 Å². The Bertz CT molecular complexity index is 422. The number of nitrogens with one attached hydrogen (secondary N) is 1. The second kappa shape index (κ2) is 10.1. The van der Waals surface area contributed by atoms with Crippen LogP contribution in [0.25, 0.3) is 11.5 Å². The first-order valence-corrected chi connectivity index (χ1v) is 7.41. The van der Waals surface area contributed by atoms with E-state index in [-0.39, 0.29) is 0 Å². The van der Waals surface area contributed by atoms with Crippen molar-refractivity contribution in [3.05, 3.63) is 36.2 Å². The van der Waals surface area contributed by atoms with Crippen LogP contribution in [0.1, 0.15) is 38.7 Å². The lowest BCUT2D eigenvalue weighted by molar-refractivity contribution is 0.430. The minimum atomic E-state index is 0.565. The first-order valence-electron chi connectivity index (χ1n) is 7.41. The molecule has 0 amide bonds. The molecule has 0 bridgehead atoms. The van der Waals surface area contributed by atoms with Gasteiger partial charge in [-0.05, 0) is 45.0 Å². The van der Waals surface area contributed by atoms with Gasteiger partial charge in [-0.3, -0.25) is 0 Å². The highest BCUT2D eigenvalue weighted by atomic mass is 16.5. The highest BCUT2D eigenvalue weighted by Gasteiger charge is 2.00. The summed E-state index contributed by atoms with van der Waals surface area (Å²) >= 11 is 0. The second-order valence-corrected chi connectivity index (χ2v) is 4.42. The molecular weight excluding hydrogens is 250 g/mol. The Hall–Kier alpha value is -1.68. The van der Waals surface area contributed by atoms with E-state index in [4.69, 9.17) is 4.52 Å². The Morgan fingerprint density at radius 3 is 2.05 bits per heavy atom. The fraction of sp³-hybridized carbons (Fsp3) is 0.500. The third-order valence-electron chi connectivity index (χ3n) is 2.87. The number of aryl methyl sites for hydroxylation is 1. The quantitative estimate of drug-likeness (QED) is 0.859. The van der Waals surface area contributed by atoms with E-state index in [2.05, 4.69) is 15.5 Å². The van der Waals surface area contributed by atoms with E-state index in [1.54, 1.807) is 0 Å². The van der Waals surface area contributed by atoms with Gasteiger partial charge in [-0.15, -0.1) is 0 Å². The summed E-state index contributed by atoms with van der Waals surface area (Å²) in [4.78, 5) is 3.94. The smallest absolute Gasteiger partial charge is 0.257 e. The van der Waals surface area contributed by atoms with Crippen LogP contribution in [0, 0.1) is 6.92 Å². The molecule has 0 atom stereocenters. The summed E-state index contributed by atoms with van der Waals surface area (Å²) in [5.41, 5.74) is 2.18. The Morgan fingerprint density at radius 1 is 1.00 bits per heavy atom. The van der Waals surface area contributed by atoms with Crippen LogP contribution in [0.15, 0.2) is 35.1 Å². The molecule has 0 saturated carbocycles. The molecule has 1 aliphatic rings. The van der Waals surface area contributed by atoms with Crippen molar-refractivity contribution in [2.45, 2.75) is 40.0 Å². The fourth-order valence-electron chi connectivity index (χ4n) is 1.80. The van der Waals surface area contributed by atoms with Gasteiger partial charge in [0.15, 0.2) is 6.33 Å². The summed E-state index contributed by atoms with van der Waals surface area (Å²) < 4.78 is 4.90. The topological polar surface area (TPSA) is 51.0 Å².